The van der Waals surface area contributed by atoms with Gasteiger partial charge in [0.05, 0.1) is 47.1 Å². The molecule has 0 radical (unpaired) electrons. The van der Waals surface area contributed by atoms with Gasteiger partial charge in [0.15, 0.2) is 11.5 Å². The molecular formula is C24H24Cl2N2O6S. The maximum Gasteiger partial charge on any atom is 0.264 e. The predicted molar refractivity (Wildman–Crippen MR) is 137 cm³/mol. The Kier molecular flexibility index (Phi) is 8.71. The van der Waals surface area contributed by atoms with E-state index in [0.717, 1.165) is 4.31 Å². The van der Waals surface area contributed by atoms with Crippen molar-refractivity contribution >= 4 is 50.5 Å². The third-order valence-electron chi connectivity index (χ3n) is 4.89. The van der Waals surface area contributed by atoms with Gasteiger partial charge in [-0.3, -0.25) is 9.10 Å². The molecule has 0 aliphatic carbocycles. The van der Waals surface area contributed by atoms with Gasteiger partial charge >= 0.3 is 0 Å². The Morgan fingerprint density at radius 2 is 1.57 bits per heavy atom. The lowest BCUT2D eigenvalue weighted by molar-refractivity contribution is -0.114. The predicted octanol–water partition coefficient (Wildman–Crippen LogP) is 5.24. The number of carbonyl (C=O) groups is 1. The smallest absolute Gasteiger partial charge is 0.264 e. The number of sulfonamides is 1. The van der Waals surface area contributed by atoms with Crippen LogP contribution in [0.2, 0.25) is 10.0 Å². The molecule has 0 atom stereocenters. The van der Waals surface area contributed by atoms with Crippen LogP contribution in [0.15, 0.2) is 65.6 Å². The maximum absolute atomic E-state index is 13.7. The first-order chi connectivity index (χ1) is 16.7. The number of methoxy groups -OCH3 is 2. The van der Waals surface area contributed by atoms with E-state index in [1.54, 1.807) is 42.5 Å². The van der Waals surface area contributed by atoms with Gasteiger partial charge in [-0.15, -0.1) is 0 Å². The monoisotopic (exact) mass is 538 g/mol. The van der Waals surface area contributed by atoms with E-state index >= 15 is 0 Å². The molecule has 35 heavy (non-hydrogen) atoms. The third-order valence-corrected chi connectivity index (χ3v) is 7.29. The number of hydrogen-bond acceptors (Lipinski definition) is 6. The minimum absolute atomic E-state index is 0.0902. The molecule has 0 bridgehead atoms. The zero-order chi connectivity index (χ0) is 25.6. The summed E-state index contributed by atoms with van der Waals surface area (Å²) in [6, 6.07) is 15.3. The summed E-state index contributed by atoms with van der Waals surface area (Å²) >= 11 is 12.3. The van der Waals surface area contributed by atoms with E-state index in [0.29, 0.717) is 18.1 Å². The standard InChI is InChI=1S/C24H24Cl2N2O6S/c1-4-34-17-10-8-16(9-11-17)28(15-23(29)27-24-19(25)6-5-7-20(24)26)35(30,31)18-12-13-21(32-2)22(14-18)33-3/h5-14H,4,15H2,1-3H3,(H,27,29). The van der Waals surface area contributed by atoms with Gasteiger partial charge in [-0.25, -0.2) is 8.42 Å². The van der Waals surface area contributed by atoms with Crippen LogP contribution >= 0.6 is 23.2 Å². The molecule has 0 unspecified atom stereocenters. The minimum atomic E-state index is -4.21. The van der Waals surface area contributed by atoms with Crippen LogP contribution in [0.1, 0.15) is 6.92 Å². The number of amides is 1. The lowest BCUT2D eigenvalue weighted by Crippen LogP contribution is -2.38. The molecule has 11 heteroatoms. The Bertz CT molecular complexity index is 1280. The van der Waals surface area contributed by atoms with Gasteiger partial charge in [0.25, 0.3) is 10.0 Å². The summed E-state index contributed by atoms with van der Waals surface area (Å²) in [6.45, 7) is 1.74. The van der Waals surface area contributed by atoms with E-state index in [1.165, 1.54) is 32.4 Å². The number of nitrogens with one attached hydrogen (secondary N) is 1. The van der Waals surface area contributed by atoms with Crippen LogP contribution in [0.5, 0.6) is 17.2 Å². The molecule has 0 spiro atoms. The number of benzene rings is 3. The second-order valence-electron chi connectivity index (χ2n) is 7.10. The van der Waals surface area contributed by atoms with Gasteiger partial charge in [0.2, 0.25) is 5.91 Å². The molecule has 0 aromatic heterocycles. The van der Waals surface area contributed by atoms with Crippen molar-refractivity contribution in [3.05, 3.63) is 70.7 Å². The second-order valence-corrected chi connectivity index (χ2v) is 9.78. The van der Waals surface area contributed by atoms with Crippen LogP contribution in [-0.4, -0.2) is 41.7 Å². The molecule has 3 rings (SSSR count). The summed E-state index contributed by atoms with van der Waals surface area (Å²) in [6.07, 6.45) is 0. The van der Waals surface area contributed by atoms with E-state index in [4.69, 9.17) is 37.4 Å². The molecular weight excluding hydrogens is 515 g/mol. The van der Waals surface area contributed by atoms with E-state index in [-0.39, 0.29) is 32.1 Å². The van der Waals surface area contributed by atoms with Crippen LogP contribution < -0.4 is 23.8 Å². The Morgan fingerprint density at radius 1 is 0.943 bits per heavy atom. The molecule has 3 aromatic rings. The molecule has 1 amide bonds. The number of anilines is 2. The van der Waals surface area contributed by atoms with Gasteiger partial charge in [-0.2, -0.15) is 0 Å². The first kappa shape index (κ1) is 26.5. The summed E-state index contributed by atoms with van der Waals surface area (Å²) in [4.78, 5) is 12.9. The number of rotatable bonds is 10. The molecule has 0 fully saturated rings. The van der Waals surface area contributed by atoms with Crippen LogP contribution in [0.25, 0.3) is 0 Å². The zero-order valence-electron chi connectivity index (χ0n) is 19.2. The second kappa shape index (κ2) is 11.5. The van der Waals surface area contributed by atoms with Gasteiger partial charge in [-0.05, 0) is 55.5 Å². The molecule has 0 aliphatic rings. The molecule has 0 heterocycles. The number of halogens is 2. The van der Waals surface area contributed by atoms with E-state index < -0.39 is 22.5 Å². The molecule has 0 aliphatic heterocycles. The SMILES string of the molecule is CCOc1ccc(N(CC(=O)Nc2c(Cl)cccc2Cl)S(=O)(=O)c2ccc(OC)c(OC)c2)cc1. The molecule has 0 saturated carbocycles. The fourth-order valence-electron chi connectivity index (χ4n) is 3.22. The topological polar surface area (TPSA) is 94.2 Å². The summed E-state index contributed by atoms with van der Waals surface area (Å²) in [5, 5.41) is 3.04. The fourth-order valence-corrected chi connectivity index (χ4v) is 5.15. The van der Waals surface area contributed by atoms with Crippen molar-refractivity contribution in [2.75, 3.05) is 37.0 Å². The van der Waals surface area contributed by atoms with Crippen molar-refractivity contribution in [2.45, 2.75) is 11.8 Å². The maximum atomic E-state index is 13.7. The molecule has 0 saturated heterocycles. The third kappa shape index (κ3) is 6.11. The van der Waals surface area contributed by atoms with E-state index in [2.05, 4.69) is 5.32 Å². The first-order valence-corrected chi connectivity index (χ1v) is 12.6. The van der Waals surface area contributed by atoms with Gasteiger partial charge in [0, 0.05) is 6.07 Å². The molecule has 3 aromatic carbocycles. The molecule has 1 N–H and O–H groups in total. The zero-order valence-corrected chi connectivity index (χ0v) is 21.6. The quantitative estimate of drug-likeness (QED) is 0.379. The molecule has 8 nitrogen and oxygen atoms in total. The largest absolute Gasteiger partial charge is 0.494 e. The van der Waals surface area contributed by atoms with E-state index in [1.807, 2.05) is 6.92 Å². The van der Waals surface area contributed by atoms with Crippen LogP contribution in [0.3, 0.4) is 0 Å². The number of ether oxygens (including phenoxy) is 3. The van der Waals surface area contributed by atoms with Gasteiger partial charge < -0.3 is 19.5 Å². The fraction of sp³-hybridized carbons (Fsp3) is 0.208. The summed E-state index contributed by atoms with van der Waals surface area (Å²) in [7, 11) is -1.37. The van der Waals surface area contributed by atoms with Crippen LogP contribution in [0, 0.1) is 0 Å². The highest BCUT2D eigenvalue weighted by Crippen LogP contribution is 2.33. The highest BCUT2D eigenvalue weighted by atomic mass is 35.5. The lowest BCUT2D eigenvalue weighted by atomic mass is 10.3. The Balaban J connectivity index is 2.01. The summed E-state index contributed by atoms with van der Waals surface area (Å²) in [5.74, 6) is 0.516. The number of para-hydroxylation sites is 1. The normalized spacial score (nSPS) is 11.0. The van der Waals surface area contributed by atoms with Crippen molar-refractivity contribution in [2.24, 2.45) is 0 Å². The average molecular weight is 539 g/mol. The Labute approximate surface area is 214 Å². The Hall–Kier alpha value is -3.14. The lowest BCUT2D eigenvalue weighted by Gasteiger charge is -2.25. The number of carbonyl (C=O) groups excluding carboxylic acids is 1. The summed E-state index contributed by atoms with van der Waals surface area (Å²) < 4.78 is 44.3. The van der Waals surface area contributed by atoms with Crippen molar-refractivity contribution in [1.82, 2.24) is 0 Å². The molecule has 186 valence electrons. The van der Waals surface area contributed by atoms with Gasteiger partial charge in [0.1, 0.15) is 12.3 Å². The number of hydrogen-bond donors (Lipinski definition) is 1. The van der Waals surface area contributed by atoms with Gasteiger partial charge in [-0.1, -0.05) is 29.3 Å². The number of nitrogens with zero attached hydrogens (tertiary/aromatic N) is 1. The highest BCUT2D eigenvalue weighted by molar-refractivity contribution is 7.92. The minimum Gasteiger partial charge on any atom is -0.494 e. The summed E-state index contributed by atoms with van der Waals surface area (Å²) in [5.41, 5.74) is 0.444. The first-order valence-electron chi connectivity index (χ1n) is 10.4. The Morgan fingerprint density at radius 3 is 2.14 bits per heavy atom. The van der Waals surface area contributed by atoms with Crippen molar-refractivity contribution in [1.29, 1.82) is 0 Å². The van der Waals surface area contributed by atoms with Crippen molar-refractivity contribution in [3.63, 3.8) is 0 Å². The average Bonchev–Trinajstić information content (AvgIpc) is 2.85. The van der Waals surface area contributed by atoms with Crippen molar-refractivity contribution in [3.8, 4) is 17.2 Å². The highest BCUT2D eigenvalue weighted by Gasteiger charge is 2.29. The van der Waals surface area contributed by atoms with E-state index in [9.17, 15) is 13.2 Å². The van der Waals surface area contributed by atoms with Crippen LogP contribution in [-0.2, 0) is 14.8 Å². The van der Waals surface area contributed by atoms with Crippen molar-refractivity contribution < 1.29 is 27.4 Å². The van der Waals surface area contributed by atoms with Crippen LogP contribution in [0.4, 0.5) is 11.4 Å².